The Bertz CT molecular complexity index is 772. The second kappa shape index (κ2) is 8.86. The molecule has 8 nitrogen and oxygen atoms in total. The molecule has 1 aromatic rings. The molecule has 2 aliphatic rings. The van der Waals surface area contributed by atoms with E-state index in [-0.39, 0.29) is 23.9 Å². The normalized spacial score (nSPS) is 19.5. The zero-order chi connectivity index (χ0) is 20.1. The Morgan fingerprint density at radius 1 is 1.18 bits per heavy atom. The second-order valence-electron chi connectivity index (χ2n) is 7.07. The molecule has 0 radical (unpaired) electrons. The molecule has 1 saturated carbocycles. The Hall–Kier alpha value is -2.90. The van der Waals surface area contributed by atoms with E-state index in [1.807, 2.05) is 0 Å². The Kier molecular flexibility index (Phi) is 6.28. The third-order valence-electron chi connectivity index (χ3n) is 5.21. The maximum atomic E-state index is 12.2. The molecule has 8 heteroatoms. The molecule has 0 aromatic heterocycles. The van der Waals surface area contributed by atoms with E-state index >= 15 is 0 Å². The maximum absolute atomic E-state index is 12.2. The van der Waals surface area contributed by atoms with Crippen molar-refractivity contribution in [1.29, 1.82) is 0 Å². The molecule has 1 aliphatic heterocycles. The number of rotatable bonds is 6. The first kappa shape index (κ1) is 19.9. The predicted molar refractivity (Wildman–Crippen MR) is 98.5 cm³/mol. The van der Waals surface area contributed by atoms with Gasteiger partial charge < -0.3 is 14.4 Å². The summed E-state index contributed by atoms with van der Waals surface area (Å²) in [7, 11) is 1.42. The van der Waals surface area contributed by atoms with Crippen molar-refractivity contribution in [2.24, 2.45) is 5.92 Å². The van der Waals surface area contributed by atoms with Crippen LogP contribution in [0.25, 0.3) is 0 Å². The summed E-state index contributed by atoms with van der Waals surface area (Å²) in [6, 6.07) is 6.69. The average Bonchev–Trinajstić information content (AvgIpc) is 3.35. The van der Waals surface area contributed by atoms with Gasteiger partial charge in [-0.25, -0.2) is 0 Å². The number of imide groups is 1. The van der Waals surface area contributed by atoms with Gasteiger partial charge in [0, 0.05) is 19.0 Å². The minimum Gasteiger partial charge on any atom is -0.496 e. The van der Waals surface area contributed by atoms with Gasteiger partial charge in [-0.05, 0) is 25.0 Å². The molecule has 1 N–H and O–H groups in total. The van der Waals surface area contributed by atoms with Gasteiger partial charge in [0.25, 0.3) is 11.8 Å². The highest BCUT2D eigenvalue weighted by Gasteiger charge is 2.39. The summed E-state index contributed by atoms with van der Waals surface area (Å²) < 4.78 is 10.1. The van der Waals surface area contributed by atoms with E-state index in [2.05, 4.69) is 5.32 Å². The molecule has 1 saturated heterocycles. The van der Waals surface area contributed by atoms with Crippen molar-refractivity contribution in [3.05, 3.63) is 29.8 Å². The van der Waals surface area contributed by atoms with Gasteiger partial charge in [-0.3, -0.25) is 24.5 Å². The molecule has 3 rings (SSSR count). The Balaban J connectivity index is 1.47. The van der Waals surface area contributed by atoms with E-state index in [4.69, 9.17) is 9.47 Å². The van der Waals surface area contributed by atoms with Crippen molar-refractivity contribution in [1.82, 2.24) is 10.2 Å². The summed E-state index contributed by atoms with van der Waals surface area (Å²) in [5.74, 6) is -2.23. The van der Waals surface area contributed by atoms with E-state index in [1.54, 1.807) is 23.1 Å². The number of hydrogen-bond acceptors (Lipinski definition) is 6. The van der Waals surface area contributed by atoms with Gasteiger partial charge >= 0.3 is 5.97 Å². The summed E-state index contributed by atoms with van der Waals surface area (Å²) in [6.07, 6.45) is 4.26. The first-order valence-corrected chi connectivity index (χ1v) is 9.43. The van der Waals surface area contributed by atoms with Crippen LogP contribution in [0.1, 0.15) is 42.5 Å². The van der Waals surface area contributed by atoms with Crippen LogP contribution < -0.4 is 10.1 Å². The van der Waals surface area contributed by atoms with Crippen LogP contribution in [-0.4, -0.2) is 54.9 Å². The van der Waals surface area contributed by atoms with Gasteiger partial charge in [-0.15, -0.1) is 0 Å². The smallest absolute Gasteiger partial charge is 0.311 e. The highest BCUT2D eigenvalue weighted by atomic mass is 16.5. The lowest BCUT2D eigenvalue weighted by Gasteiger charge is -2.23. The molecule has 2 fully saturated rings. The van der Waals surface area contributed by atoms with Crippen molar-refractivity contribution in [2.75, 3.05) is 20.3 Å². The predicted octanol–water partition coefficient (Wildman–Crippen LogP) is 1.29. The number of nitrogens with zero attached hydrogens (tertiary/aromatic N) is 1. The monoisotopic (exact) mass is 388 g/mol. The summed E-state index contributed by atoms with van der Waals surface area (Å²) in [6.45, 7) is -0.238. The van der Waals surface area contributed by atoms with Crippen LogP contribution in [0, 0.1) is 5.92 Å². The number of nitrogens with one attached hydrogen (secondary N) is 1. The highest BCUT2D eigenvalue weighted by molar-refractivity contribution is 6.06. The number of para-hydroxylation sites is 1. The molecule has 3 amide bonds. The van der Waals surface area contributed by atoms with Gasteiger partial charge in [0.2, 0.25) is 5.91 Å². The van der Waals surface area contributed by atoms with Gasteiger partial charge in [-0.2, -0.15) is 0 Å². The number of esters is 1. The number of amides is 3. The van der Waals surface area contributed by atoms with E-state index in [0.29, 0.717) is 12.3 Å². The van der Waals surface area contributed by atoms with Gasteiger partial charge in [0.15, 0.2) is 6.61 Å². The molecule has 28 heavy (non-hydrogen) atoms. The van der Waals surface area contributed by atoms with E-state index < -0.39 is 30.3 Å². The topological polar surface area (TPSA) is 102 Å². The molecule has 0 unspecified atom stereocenters. The van der Waals surface area contributed by atoms with Crippen molar-refractivity contribution >= 4 is 23.7 Å². The lowest BCUT2D eigenvalue weighted by Crippen LogP contribution is -2.36. The molecule has 150 valence electrons. The SMILES string of the molecule is COc1ccccc1C(=O)NC(=O)COC(=O)[C@@H]1CC(=O)N(C2CCCC2)C1. The van der Waals surface area contributed by atoms with Crippen LogP contribution in [0.2, 0.25) is 0 Å². The van der Waals surface area contributed by atoms with E-state index in [0.717, 1.165) is 25.7 Å². The first-order chi connectivity index (χ1) is 13.5. The number of methoxy groups -OCH3 is 1. The lowest BCUT2D eigenvalue weighted by atomic mass is 10.1. The van der Waals surface area contributed by atoms with Crippen molar-refractivity contribution in [2.45, 2.75) is 38.1 Å². The largest absolute Gasteiger partial charge is 0.496 e. The van der Waals surface area contributed by atoms with Crippen LogP contribution in [0.3, 0.4) is 0 Å². The van der Waals surface area contributed by atoms with Crippen LogP contribution in [-0.2, 0) is 19.1 Å². The van der Waals surface area contributed by atoms with E-state index in [9.17, 15) is 19.2 Å². The highest BCUT2D eigenvalue weighted by Crippen LogP contribution is 2.29. The van der Waals surface area contributed by atoms with Gasteiger partial charge in [0.05, 0.1) is 18.6 Å². The number of hydrogen-bond donors (Lipinski definition) is 1. The second-order valence-corrected chi connectivity index (χ2v) is 7.07. The Morgan fingerprint density at radius 3 is 2.61 bits per heavy atom. The zero-order valence-corrected chi connectivity index (χ0v) is 15.8. The molecular formula is C20H24N2O6. The fourth-order valence-electron chi connectivity index (χ4n) is 3.78. The zero-order valence-electron chi connectivity index (χ0n) is 15.8. The molecule has 1 aliphatic carbocycles. The Morgan fingerprint density at radius 2 is 1.89 bits per heavy atom. The number of likely N-dealkylation sites (tertiary alicyclic amines) is 1. The summed E-state index contributed by atoms with van der Waals surface area (Å²) in [4.78, 5) is 50.3. The van der Waals surface area contributed by atoms with Crippen LogP contribution in [0.5, 0.6) is 5.75 Å². The fourth-order valence-corrected chi connectivity index (χ4v) is 3.78. The lowest BCUT2D eigenvalue weighted by molar-refractivity contribution is -0.152. The number of ether oxygens (including phenoxy) is 2. The molecule has 0 spiro atoms. The molecule has 1 atom stereocenters. The minimum atomic E-state index is -0.735. The molecule has 1 aromatic carbocycles. The van der Waals surface area contributed by atoms with E-state index in [1.165, 1.54) is 13.2 Å². The summed E-state index contributed by atoms with van der Waals surface area (Å²) >= 11 is 0. The summed E-state index contributed by atoms with van der Waals surface area (Å²) in [5.41, 5.74) is 0.207. The van der Waals surface area contributed by atoms with Gasteiger partial charge in [0.1, 0.15) is 5.75 Å². The molecular weight excluding hydrogens is 364 g/mol. The third kappa shape index (κ3) is 4.49. The van der Waals surface area contributed by atoms with Gasteiger partial charge in [-0.1, -0.05) is 25.0 Å². The van der Waals surface area contributed by atoms with Crippen LogP contribution >= 0.6 is 0 Å². The number of carbonyl (C=O) groups is 4. The number of benzene rings is 1. The fraction of sp³-hybridized carbons (Fsp3) is 0.500. The third-order valence-corrected chi connectivity index (χ3v) is 5.21. The first-order valence-electron chi connectivity index (χ1n) is 9.43. The number of carbonyl (C=O) groups excluding carboxylic acids is 4. The Labute approximate surface area is 163 Å². The standard InChI is InChI=1S/C20H24N2O6/c1-27-16-9-5-4-8-15(16)19(25)21-17(23)12-28-20(26)13-10-18(24)22(11-13)14-6-2-3-7-14/h4-5,8-9,13-14H,2-3,6-7,10-12H2,1H3,(H,21,23,25)/t13-/m1/s1. The van der Waals surface area contributed by atoms with Crippen molar-refractivity contribution < 1.29 is 28.7 Å². The average molecular weight is 388 g/mol. The maximum Gasteiger partial charge on any atom is 0.311 e. The summed E-state index contributed by atoms with van der Waals surface area (Å²) in [5, 5.41) is 2.17. The molecule has 1 heterocycles. The van der Waals surface area contributed by atoms with Crippen molar-refractivity contribution in [3.63, 3.8) is 0 Å². The van der Waals surface area contributed by atoms with Crippen molar-refractivity contribution in [3.8, 4) is 5.75 Å². The molecule has 0 bridgehead atoms. The van der Waals surface area contributed by atoms with Crippen LogP contribution in [0.4, 0.5) is 0 Å². The quantitative estimate of drug-likeness (QED) is 0.737. The van der Waals surface area contributed by atoms with Crippen LogP contribution in [0.15, 0.2) is 24.3 Å². The minimum absolute atomic E-state index is 0.0374.